The number of aromatic nitrogens is 2. The summed E-state index contributed by atoms with van der Waals surface area (Å²) in [5, 5.41) is 6.04. The van der Waals surface area contributed by atoms with Crippen LogP contribution in [0.1, 0.15) is 11.4 Å². The zero-order valence-electron chi connectivity index (χ0n) is 12.7. The summed E-state index contributed by atoms with van der Waals surface area (Å²) in [5.41, 5.74) is 2.24. The standard InChI is InChI=1S/C15H18ClN5O/c1-10-7-13(19-14(18-10)21(2)3)9-17-15(22)20-12-6-4-5-11(16)8-12/h4-8H,9H2,1-3H3,(H2,17,20,22). The van der Waals surface area contributed by atoms with Crippen molar-refractivity contribution in [3.05, 3.63) is 46.7 Å². The van der Waals surface area contributed by atoms with E-state index >= 15 is 0 Å². The van der Waals surface area contributed by atoms with E-state index in [1.54, 1.807) is 24.3 Å². The minimum absolute atomic E-state index is 0.315. The van der Waals surface area contributed by atoms with Crippen molar-refractivity contribution in [3.8, 4) is 0 Å². The van der Waals surface area contributed by atoms with E-state index in [0.29, 0.717) is 23.2 Å². The largest absolute Gasteiger partial charge is 0.347 e. The average molecular weight is 320 g/mol. The maximum Gasteiger partial charge on any atom is 0.319 e. The Morgan fingerprint density at radius 2 is 2.05 bits per heavy atom. The molecule has 1 heterocycles. The van der Waals surface area contributed by atoms with Gasteiger partial charge in [-0.25, -0.2) is 14.8 Å². The van der Waals surface area contributed by atoms with Crippen molar-refractivity contribution in [2.45, 2.75) is 13.5 Å². The third kappa shape index (κ3) is 4.60. The van der Waals surface area contributed by atoms with Crippen molar-refractivity contribution in [3.63, 3.8) is 0 Å². The molecule has 0 bridgehead atoms. The second-order valence-electron chi connectivity index (χ2n) is 5.01. The number of hydrogen-bond acceptors (Lipinski definition) is 4. The third-order valence-electron chi connectivity index (χ3n) is 2.81. The summed E-state index contributed by atoms with van der Waals surface area (Å²) >= 11 is 5.87. The first-order valence-electron chi connectivity index (χ1n) is 6.76. The molecule has 2 aromatic rings. The van der Waals surface area contributed by atoms with Crippen LogP contribution in [0.4, 0.5) is 16.4 Å². The zero-order valence-corrected chi connectivity index (χ0v) is 13.5. The lowest BCUT2D eigenvalue weighted by Crippen LogP contribution is -2.29. The summed E-state index contributed by atoms with van der Waals surface area (Å²) in [4.78, 5) is 22.4. The Morgan fingerprint density at radius 1 is 1.27 bits per heavy atom. The first-order valence-corrected chi connectivity index (χ1v) is 7.14. The van der Waals surface area contributed by atoms with Gasteiger partial charge in [-0.1, -0.05) is 17.7 Å². The molecular weight excluding hydrogens is 302 g/mol. The van der Waals surface area contributed by atoms with Gasteiger partial charge in [0.2, 0.25) is 5.95 Å². The Morgan fingerprint density at radius 3 is 2.73 bits per heavy atom. The predicted octanol–water partition coefficient (Wildman–Crippen LogP) is 2.83. The molecule has 7 heteroatoms. The number of halogens is 1. The second-order valence-corrected chi connectivity index (χ2v) is 5.45. The van der Waals surface area contributed by atoms with Gasteiger partial charge in [-0.15, -0.1) is 0 Å². The highest BCUT2D eigenvalue weighted by molar-refractivity contribution is 6.30. The number of urea groups is 1. The molecule has 0 spiro atoms. The van der Waals surface area contributed by atoms with Crippen LogP contribution in [0.25, 0.3) is 0 Å². The molecule has 0 aliphatic rings. The van der Waals surface area contributed by atoms with Gasteiger partial charge in [-0.05, 0) is 31.2 Å². The molecule has 0 aliphatic carbocycles. The van der Waals surface area contributed by atoms with Gasteiger partial charge in [0.15, 0.2) is 0 Å². The lowest BCUT2D eigenvalue weighted by atomic mass is 10.3. The van der Waals surface area contributed by atoms with Crippen LogP contribution in [0.15, 0.2) is 30.3 Å². The number of nitrogens with one attached hydrogen (secondary N) is 2. The summed E-state index contributed by atoms with van der Waals surface area (Å²) in [6, 6.07) is 8.49. The molecule has 0 radical (unpaired) electrons. The number of amides is 2. The molecule has 0 saturated heterocycles. The van der Waals surface area contributed by atoms with E-state index in [2.05, 4.69) is 20.6 Å². The Kier molecular flexibility index (Phi) is 5.16. The lowest BCUT2D eigenvalue weighted by molar-refractivity contribution is 0.251. The fourth-order valence-electron chi connectivity index (χ4n) is 1.82. The van der Waals surface area contributed by atoms with Gasteiger partial charge < -0.3 is 15.5 Å². The molecular formula is C15H18ClN5O. The average Bonchev–Trinajstić information content (AvgIpc) is 2.44. The highest BCUT2D eigenvalue weighted by atomic mass is 35.5. The van der Waals surface area contributed by atoms with E-state index in [0.717, 1.165) is 11.4 Å². The SMILES string of the molecule is Cc1cc(CNC(=O)Nc2cccc(Cl)c2)nc(N(C)C)n1. The summed E-state index contributed by atoms with van der Waals surface area (Å²) in [7, 11) is 3.75. The van der Waals surface area contributed by atoms with Crippen LogP contribution in [0, 0.1) is 6.92 Å². The molecule has 2 N–H and O–H groups in total. The number of hydrogen-bond donors (Lipinski definition) is 2. The van der Waals surface area contributed by atoms with Gasteiger partial charge in [0.05, 0.1) is 12.2 Å². The Labute approximate surface area is 134 Å². The lowest BCUT2D eigenvalue weighted by Gasteiger charge is -2.13. The quantitative estimate of drug-likeness (QED) is 0.909. The van der Waals surface area contributed by atoms with Gasteiger partial charge in [-0.3, -0.25) is 0 Å². The van der Waals surface area contributed by atoms with Crippen LogP contribution < -0.4 is 15.5 Å². The number of benzene rings is 1. The minimum Gasteiger partial charge on any atom is -0.347 e. The number of aryl methyl sites for hydroxylation is 1. The zero-order chi connectivity index (χ0) is 16.1. The molecule has 2 amide bonds. The molecule has 2 rings (SSSR count). The van der Waals surface area contributed by atoms with Crippen LogP contribution in [0.3, 0.4) is 0 Å². The van der Waals surface area contributed by atoms with Gasteiger partial charge >= 0.3 is 6.03 Å². The van der Waals surface area contributed by atoms with E-state index in [9.17, 15) is 4.79 Å². The molecule has 0 aliphatic heterocycles. The van der Waals surface area contributed by atoms with Crippen molar-refractivity contribution in [1.29, 1.82) is 0 Å². The Balaban J connectivity index is 1.96. The third-order valence-corrected chi connectivity index (χ3v) is 3.04. The number of carbonyl (C=O) groups excluding carboxylic acids is 1. The first kappa shape index (κ1) is 16.0. The van der Waals surface area contributed by atoms with Crippen LogP contribution >= 0.6 is 11.6 Å². The highest BCUT2D eigenvalue weighted by Crippen LogP contribution is 2.14. The second kappa shape index (κ2) is 7.09. The summed E-state index contributed by atoms with van der Waals surface area (Å²) in [6.07, 6.45) is 0. The van der Waals surface area contributed by atoms with Crippen molar-refractivity contribution < 1.29 is 4.79 Å². The molecule has 0 saturated carbocycles. The van der Waals surface area contributed by atoms with Crippen molar-refractivity contribution in [2.24, 2.45) is 0 Å². The van der Waals surface area contributed by atoms with Crippen LogP contribution in [0.5, 0.6) is 0 Å². The maximum atomic E-state index is 11.9. The smallest absolute Gasteiger partial charge is 0.319 e. The number of rotatable bonds is 4. The van der Waals surface area contributed by atoms with Crippen molar-refractivity contribution in [1.82, 2.24) is 15.3 Å². The maximum absolute atomic E-state index is 11.9. The predicted molar refractivity (Wildman–Crippen MR) is 88.4 cm³/mol. The Hall–Kier alpha value is -2.34. The molecule has 116 valence electrons. The number of carbonyl (C=O) groups is 1. The molecule has 0 fully saturated rings. The van der Waals surface area contributed by atoms with E-state index in [1.807, 2.05) is 32.0 Å². The Bertz CT molecular complexity index is 675. The van der Waals surface area contributed by atoms with Crippen molar-refractivity contribution >= 4 is 29.3 Å². The molecule has 22 heavy (non-hydrogen) atoms. The highest BCUT2D eigenvalue weighted by Gasteiger charge is 2.06. The molecule has 6 nitrogen and oxygen atoms in total. The van der Waals surface area contributed by atoms with Crippen molar-refractivity contribution in [2.75, 3.05) is 24.3 Å². The summed E-state index contributed by atoms with van der Waals surface area (Å²) in [5.74, 6) is 0.618. The topological polar surface area (TPSA) is 70.2 Å². The number of nitrogens with zero attached hydrogens (tertiary/aromatic N) is 3. The van der Waals surface area contributed by atoms with Gasteiger partial charge in [0, 0.05) is 30.5 Å². The van der Waals surface area contributed by atoms with E-state index in [4.69, 9.17) is 11.6 Å². The summed E-state index contributed by atoms with van der Waals surface area (Å²) < 4.78 is 0. The molecule has 1 aromatic carbocycles. The number of anilines is 2. The fourth-order valence-corrected chi connectivity index (χ4v) is 2.01. The van der Waals surface area contributed by atoms with Crippen LogP contribution in [0.2, 0.25) is 5.02 Å². The van der Waals surface area contributed by atoms with Gasteiger partial charge in [0.1, 0.15) is 0 Å². The monoisotopic (exact) mass is 319 g/mol. The van der Waals surface area contributed by atoms with Crippen LogP contribution in [-0.4, -0.2) is 30.1 Å². The van der Waals surface area contributed by atoms with E-state index in [-0.39, 0.29) is 6.03 Å². The van der Waals surface area contributed by atoms with E-state index < -0.39 is 0 Å². The molecule has 0 unspecified atom stereocenters. The van der Waals surface area contributed by atoms with E-state index in [1.165, 1.54) is 0 Å². The van der Waals surface area contributed by atoms with Gasteiger partial charge in [0.25, 0.3) is 0 Å². The fraction of sp³-hybridized carbons (Fsp3) is 0.267. The summed E-state index contributed by atoms with van der Waals surface area (Å²) in [6.45, 7) is 2.21. The van der Waals surface area contributed by atoms with Crippen LogP contribution in [-0.2, 0) is 6.54 Å². The minimum atomic E-state index is -0.315. The van der Waals surface area contributed by atoms with Gasteiger partial charge in [-0.2, -0.15) is 0 Å². The first-order chi connectivity index (χ1) is 10.4. The molecule has 1 aromatic heterocycles. The normalized spacial score (nSPS) is 10.2. The molecule has 0 atom stereocenters.